The second-order valence-electron chi connectivity index (χ2n) is 5.64. The van der Waals surface area contributed by atoms with Crippen LogP contribution in [-0.2, 0) is 19.6 Å². The van der Waals surface area contributed by atoms with Crippen molar-refractivity contribution in [2.24, 2.45) is 0 Å². The molecule has 0 radical (unpaired) electrons. The van der Waals surface area contributed by atoms with E-state index in [1.54, 1.807) is 12.1 Å². The van der Waals surface area contributed by atoms with E-state index < -0.39 is 10.0 Å². The van der Waals surface area contributed by atoms with E-state index in [9.17, 15) is 13.2 Å². The van der Waals surface area contributed by atoms with E-state index in [-0.39, 0.29) is 29.9 Å². The van der Waals surface area contributed by atoms with Gasteiger partial charge in [0.05, 0.1) is 25.0 Å². The minimum atomic E-state index is -3.50. The summed E-state index contributed by atoms with van der Waals surface area (Å²) in [5, 5.41) is 3.14. The van der Waals surface area contributed by atoms with Crippen molar-refractivity contribution in [1.29, 1.82) is 0 Å². The molecule has 1 atom stereocenters. The first-order chi connectivity index (χ1) is 11.5. The topological polar surface area (TPSA) is 84.9 Å². The number of esters is 1. The lowest BCUT2D eigenvalue weighted by Crippen LogP contribution is -2.46. The van der Waals surface area contributed by atoms with Gasteiger partial charge in [-0.05, 0) is 44.2 Å². The predicted octanol–water partition coefficient (Wildman–Crippen LogP) is 1.00. The molecule has 1 saturated heterocycles. The van der Waals surface area contributed by atoms with Crippen LogP contribution in [0.5, 0.6) is 5.75 Å². The van der Waals surface area contributed by atoms with E-state index in [4.69, 9.17) is 4.74 Å². The zero-order valence-electron chi connectivity index (χ0n) is 14.0. The molecule has 134 valence electrons. The van der Waals surface area contributed by atoms with Crippen molar-refractivity contribution in [3.8, 4) is 5.75 Å². The molecule has 8 heteroatoms. The Morgan fingerprint density at radius 3 is 2.67 bits per heavy atom. The van der Waals surface area contributed by atoms with Crippen molar-refractivity contribution in [3.63, 3.8) is 0 Å². The number of sulfonamides is 1. The number of nitrogens with one attached hydrogen (secondary N) is 1. The number of carbonyl (C=O) groups excluding carboxylic acids is 1. The summed E-state index contributed by atoms with van der Waals surface area (Å²) in [7, 11) is -0.327. The number of methoxy groups -OCH3 is 1. The number of benzene rings is 1. The van der Waals surface area contributed by atoms with Crippen molar-refractivity contribution in [1.82, 2.24) is 9.62 Å². The van der Waals surface area contributed by atoms with Gasteiger partial charge in [-0.15, -0.1) is 0 Å². The molecule has 1 aliphatic rings. The molecule has 0 bridgehead atoms. The highest BCUT2D eigenvalue weighted by Gasteiger charge is 2.29. The molecule has 7 nitrogen and oxygen atoms in total. The number of piperidine rings is 1. The zero-order chi connectivity index (χ0) is 17.6. The van der Waals surface area contributed by atoms with Crippen LogP contribution in [0, 0.1) is 0 Å². The summed E-state index contributed by atoms with van der Waals surface area (Å²) in [6.07, 6.45) is 1.98. The van der Waals surface area contributed by atoms with Crippen LogP contribution in [0.4, 0.5) is 0 Å². The Morgan fingerprint density at radius 1 is 1.33 bits per heavy atom. The molecule has 0 aliphatic carbocycles. The van der Waals surface area contributed by atoms with E-state index in [2.05, 4.69) is 10.1 Å². The van der Waals surface area contributed by atoms with Crippen molar-refractivity contribution in [2.75, 3.05) is 33.9 Å². The molecular formula is C16H24N2O5S. The van der Waals surface area contributed by atoms with Crippen LogP contribution in [0.1, 0.15) is 19.3 Å². The quantitative estimate of drug-likeness (QED) is 0.734. The van der Waals surface area contributed by atoms with Gasteiger partial charge in [0.25, 0.3) is 0 Å². The van der Waals surface area contributed by atoms with Gasteiger partial charge in [0, 0.05) is 19.1 Å². The van der Waals surface area contributed by atoms with Crippen LogP contribution >= 0.6 is 0 Å². The fourth-order valence-electron chi connectivity index (χ4n) is 2.61. The number of likely N-dealkylation sites (N-methyl/N-ethyl adjacent to an activating group) is 1. The first-order valence-corrected chi connectivity index (χ1v) is 9.38. The SMILES string of the molecule is CNC1CCCN(S(=O)(=O)c2ccc(OCCC(=O)OC)cc2)C1. The lowest BCUT2D eigenvalue weighted by Gasteiger charge is -2.31. The van der Waals surface area contributed by atoms with E-state index in [0.717, 1.165) is 12.8 Å². The summed E-state index contributed by atoms with van der Waals surface area (Å²) < 4.78 is 36.9. The Hall–Kier alpha value is -1.64. The third-order valence-corrected chi connectivity index (χ3v) is 5.94. The summed E-state index contributed by atoms with van der Waals surface area (Å²) in [5.41, 5.74) is 0. The number of nitrogens with zero attached hydrogens (tertiary/aromatic N) is 1. The minimum absolute atomic E-state index is 0.149. The third kappa shape index (κ3) is 4.68. The molecule has 1 aromatic rings. The summed E-state index contributed by atoms with van der Waals surface area (Å²) >= 11 is 0. The molecule has 1 aliphatic heterocycles. The van der Waals surface area contributed by atoms with Gasteiger partial charge in [-0.1, -0.05) is 0 Å². The number of rotatable bonds is 7. The van der Waals surface area contributed by atoms with Crippen molar-refractivity contribution in [2.45, 2.75) is 30.2 Å². The second-order valence-corrected chi connectivity index (χ2v) is 7.57. The largest absolute Gasteiger partial charge is 0.493 e. The molecule has 0 amide bonds. The van der Waals surface area contributed by atoms with Crippen LogP contribution in [0.2, 0.25) is 0 Å². The van der Waals surface area contributed by atoms with Gasteiger partial charge in [0.2, 0.25) is 10.0 Å². The Bertz CT molecular complexity index is 645. The Morgan fingerprint density at radius 2 is 2.04 bits per heavy atom. The van der Waals surface area contributed by atoms with E-state index in [1.165, 1.54) is 23.5 Å². The van der Waals surface area contributed by atoms with Crippen LogP contribution in [0.25, 0.3) is 0 Å². The fraction of sp³-hybridized carbons (Fsp3) is 0.562. The average molecular weight is 356 g/mol. The van der Waals surface area contributed by atoms with Crippen molar-refractivity contribution < 1.29 is 22.7 Å². The molecular weight excluding hydrogens is 332 g/mol. The smallest absolute Gasteiger partial charge is 0.308 e. The number of hydrogen-bond donors (Lipinski definition) is 1. The number of ether oxygens (including phenoxy) is 2. The van der Waals surface area contributed by atoms with Gasteiger partial charge in [-0.25, -0.2) is 8.42 Å². The second kappa shape index (κ2) is 8.46. The lowest BCUT2D eigenvalue weighted by molar-refractivity contribution is -0.141. The van der Waals surface area contributed by atoms with Gasteiger partial charge < -0.3 is 14.8 Å². The summed E-state index contributed by atoms with van der Waals surface area (Å²) in [6.45, 7) is 1.21. The summed E-state index contributed by atoms with van der Waals surface area (Å²) in [6, 6.07) is 6.46. The van der Waals surface area contributed by atoms with Crippen LogP contribution in [0.3, 0.4) is 0 Å². The Kier molecular flexibility index (Phi) is 6.59. The first kappa shape index (κ1) is 18.7. The van der Waals surface area contributed by atoms with Gasteiger partial charge in [-0.2, -0.15) is 4.31 Å². The monoisotopic (exact) mass is 356 g/mol. The Labute approximate surface area is 143 Å². The molecule has 1 aromatic carbocycles. The van der Waals surface area contributed by atoms with Crippen LogP contribution in [0.15, 0.2) is 29.2 Å². The standard InChI is InChI=1S/C16H24N2O5S/c1-17-13-4-3-10-18(12-13)24(20,21)15-7-5-14(6-8-15)23-11-9-16(19)22-2/h5-8,13,17H,3-4,9-12H2,1-2H3. The maximum absolute atomic E-state index is 12.7. The van der Waals surface area contributed by atoms with Crippen LogP contribution < -0.4 is 10.1 Å². The first-order valence-electron chi connectivity index (χ1n) is 7.94. The van der Waals surface area contributed by atoms with Crippen LogP contribution in [-0.4, -0.2) is 58.6 Å². The maximum Gasteiger partial charge on any atom is 0.308 e. The molecule has 2 rings (SSSR count). The number of carbonyl (C=O) groups is 1. The molecule has 1 unspecified atom stereocenters. The molecule has 0 aromatic heterocycles. The molecule has 0 saturated carbocycles. The molecule has 0 spiro atoms. The highest BCUT2D eigenvalue weighted by atomic mass is 32.2. The minimum Gasteiger partial charge on any atom is -0.493 e. The molecule has 1 heterocycles. The van der Waals surface area contributed by atoms with Gasteiger partial charge in [0.1, 0.15) is 5.75 Å². The Balaban J connectivity index is 1.99. The predicted molar refractivity (Wildman–Crippen MR) is 89.4 cm³/mol. The van der Waals surface area contributed by atoms with Gasteiger partial charge in [0.15, 0.2) is 0 Å². The van der Waals surface area contributed by atoms with E-state index in [0.29, 0.717) is 18.8 Å². The van der Waals surface area contributed by atoms with E-state index in [1.807, 2.05) is 7.05 Å². The highest BCUT2D eigenvalue weighted by molar-refractivity contribution is 7.89. The highest BCUT2D eigenvalue weighted by Crippen LogP contribution is 2.23. The molecule has 1 N–H and O–H groups in total. The number of hydrogen-bond acceptors (Lipinski definition) is 6. The lowest BCUT2D eigenvalue weighted by atomic mass is 10.1. The normalized spacial score (nSPS) is 19.0. The molecule has 24 heavy (non-hydrogen) atoms. The average Bonchev–Trinajstić information content (AvgIpc) is 2.62. The van der Waals surface area contributed by atoms with Crippen molar-refractivity contribution >= 4 is 16.0 Å². The zero-order valence-corrected chi connectivity index (χ0v) is 14.8. The van der Waals surface area contributed by atoms with Gasteiger partial charge >= 0.3 is 5.97 Å². The molecule has 1 fully saturated rings. The van der Waals surface area contributed by atoms with E-state index >= 15 is 0 Å². The summed E-state index contributed by atoms with van der Waals surface area (Å²) in [4.78, 5) is 11.3. The summed E-state index contributed by atoms with van der Waals surface area (Å²) in [5.74, 6) is 0.169. The van der Waals surface area contributed by atoms with Gasteiger partial charge in [-0.3, -0.25) is 4.79 Å². The fourth-order valence-corrected chi connectivity index (χ4v) is 4.13. The van der Waals surface area contributed by atoms with Crippen molar-refractivity contribution in [3.05, 3.63) is 24.3 Å². The maximum atomic E-state index is 12.7. The third-order valence-electron chi connectivity index (χ3n) is 4.06.